The molecule has 0 radical (unpaired) electrons. The van der Waals surface area contributed by atoms with Crippen molar-refractivity contribution in [2.75, 3.05) is 10.6 Å². The van der Waals surface area contributed by atoms with Crippen molar-refractivity contribution in [2.45, 2.75) is 6.92 Å². The van der Waals surface area contributed by atoms with Crippen LogP contribution < -0.4 is 10.6 Å². The first-order valence-electron chi connectivity index (χ1n) is 6.86. The molecule has 0 unspecified atom stereocenters. The number of hydrogen-bond acceptors (Lipinski definition) is 5. The van der Waals surface area contributed by atoms with E-state index in [1.165, 1.54) is 6.20 Å². The largest absolute Gasteiger partial charge is 0.339 e. The molecular weight excluding hydrogens is 333 g/mol. The van der Waals surface area contributed by atoms with Gasteiger partial charge in [-0.15, -0.1) is 5.10 Å². The van der Waals surface area contributed by atoms with Crippen LogP contribution in [0, 0.1) is 6.92 Å². The van der Waals surface area contributed by atoms with Crippen molar-refractivity contribution in [2.24, 2.45) is 0 Å². The molecular formula is C16H13Cl2N5. The van der Waals surface area contributed by atoms with Gasteiger partial charge >= 0.3 is 0 Å². The summed E-state index contributed by atoms with van der Waals surface area (Å²) in [7, 11) is 0. The normalized spacial score (nSPS) is 10.4. The number of nitrogens with zero attached hydrogens (tertiary/aromatic N) is 3. The summed E-state index contributed by atoms with van der Waals surface area (Å²) < 4.78 is 0. The molecule has 2 aromatic carbocycles. The van der Waals surface area contributed by atoms with Gasteiger partial charge in [0.05, 0.1) is 16.9 Å². The molecule has 0 fully saturated rings. The fraction of sp³-hybridized carbons (Fsp3) is 0.0625. The number of aromatic nitrogens is 3. The van der Waals surface area contributed by atoms with E-state index in [9.17, 15) is 0 Å². The first-order chi connectivity index (χ1) is 11.1. The van der Waals surface area contributed by atoms with E-state index in [-0.39, 0.29) is 0 Å². The fourth-order valence-corrected chi connectivity index (χ4v) is 2.32. The number of para-hydroxylation sites is 1. The monoisotopic (exact) mass is 345 g/mol. The zero-order valence-electron chi connectivity index (χ0n) is 12.2. The lowest BCUT2D eigenvalue weighted by molar-refractivity contribution is 0.982. The van der Waals surface area contributed by atoms with E-state index in [1.54, 1.807) is 6.07 Å². The second-order valence-electron chi connectivity index (χ2n) is 4.85. The van der Waals surface area contributed by atoms with Crippen LogP contribution in [0.2, 0.25) is 10.0 Å². The van der Waals surface area contributed by atoms with Gasteiger partial charge in [-0.25, -0.2) is 0 Å². The van der Waals surface area contributed by atoms with Crippen LogP contribution in [0.4, 0.5) is 23.1 Å². The fourth-order valence-electron chi connectivity index (χ4n) is 1.97. The molecule has 0 aliphatic carbocycles. The number of hydrogen-bond donors (Lipinski definition) is 2. The highest BCUT2D eigenvalue weighted by molar-refractivity contribution is 6.33. The van der Waals surface area contributed by atoms with Gasteiger partial charge in [0, 0.05) is 10.7 Å². The Balaban J connectivity index is 1.83. The standard InChI is InChI=1S/C16H13Cl2N5/c1-10-6-7-11(17)8-14(10)20-15-9-19-23-16(22-15)21-13-5-3-2-4-12(13)18/h2-9H,1H3,(H2,20,21,22,23). The van der Waals surface area contributed by atoms with Crippen LogP contribution in [0.25, 0.3) is 0 Å². The van der Waals surface area contributed by atoms with Gasteiger partial charge in [0.2, 0.25) is 5.95 Å². The van der Waals surface area contributed by atoms with E-state index < -0.39 is 0 Å². The lowest BCUT2D eigenvalue weighted by Gasteiger charge is -2.10. The number of anilines is 4. The zero-order chi connectivity index (χ0) is 16.2. The Kier molecular flexibility index (Phi) is 4.60. The molecule has 3 aromatic rings. The van der Waals surface area contributed by atoms with E-state index >= 15 is 0 Å². The van der Waals surface area contributed by atoms with Crippen LogP contribution in [0.15, 0.2) is 48.7 Å². The molecule has 7 heteroatoms. The van der Waals surface area contributed by atoms with Gasteiger partial charge in [-0.05, 0) is 36.8 Å². The Labute approximate surface area is 143 Å². The molecule has 0 saturated carbocycles. The van der Waals surface area contributed by atoms with Crippen molar-refractivity contribution in [3.63, 3.8) is 0 Å². The molecule has 0 aliphatic heterocycles. The highest BCUT2D eigenvalue weighted by atomic mass is 35.5. The maximum absolute atomic E-state index is 6.11. The summed E-state index contributed by atoms with van der Waals surface area (Å²) in [5.74, 6) is 0.905. The zero-order valence-corrected chi connectivity index (χ0v) is 13.7. The summed E-state index contributed by atoms with van der Waals surface area (Å²) in [6.07, 6.45) is 1.54. The van der Waals surface area contributed by atoms with Crippen LogP contribution in [-0.2, 0) is 0 Å². The third-order valence-electron chi connectivity index (χ3n) is 3.14. The van der Waals surface area contributed by atoms with Crippen molar-refractivity contribution in [1.82, 2.24) is 15.2 Å². The first kappa shape index (κ1) is 15.5. The van der Waals surface area contributed by atoms with E-state index in [4.69, 9.17) is 23.2 Å². The lowest BCUT2D eigenvalue weighted by atomic mass is 10.2. The number of halogens is 2. The molecule has 0 amide bonds. The molecule has 116 valence electrons. The smallest absolute Gasteiger partial charge is 0.249 e. The highest BCUT2D eigenvalue weighted by Crippen LogP contribution is 2.25. The third-order valence-corrected chi connectivity index (χ3v) is 3.71. The SMILES string of the molecule is Cc1ccc(Cl)cc1Nc1cnnc(Nc2ccccc2Cl)n1. The molecule has 0 bridgehead atoms. The van der Waals surface area contributed by atoms with E-state index in [1.807, 2.05) is 43.3 Å². The molecule has 1 heterocycles. The lowest BCUT2D eigenvalue weighted by Crippen LogP contribution is -2.03. The molecule has 23 heavy (non-hydrogen) atoms. The van der Waals surface area contributed by atoms with Crippen LogP contribution in [0.3, 0.4) is 0 Å². The Hall–Kier alpha value is -2.37. The minimum absolute atomic E-state index is 0.350. The topological polar surface area (TPSA) is 62.7 Å². The van der Waals surface area contributed by atoms with Crippen LogP contribution in [0.5, 0.6) is 0 Å². The predicted molar refractivity (Wildman–Crippen MR) is 94.0 cm³/mol. The summed E-state index contributed by atoms with van der Waals surface area (Å²) in [6.45, 7) is 1.98. The maximum atomic E-state index is 6.11. The van der Waals surface area contributed by atoms with E-state index in [0.717, 1.165) is 11.3 Å². The van der Waals surface area contributed by atoms with Crippen molar-refractivity contribution in [3.8, 4) is 0 Å². The van der Waals surface area contributed by atoms with Gasteiger partial charge in [-0.1, -0.05) is 41.4 Å². The molecule has 0 spiro atoms. The summed E-state index contributed by atoms with van der Waals surface area (Å²) in [5.41, 5.74) is 2.63. The van der Waals surface area contributed by atoms with Crippen molar-refractivity contribution >= 4 is 46.3 Å². The predicted octanol–water partition coefficient (Wildman–Crippen LogP) is 4.97. The minimum Gasteiger partial charge on any atom is -0.339 e. The van der Waals surface area contributed by atoms with E-state index in [0.29, 0.717) is 27.5 Å². The summed E-state index contributed by atoms with van der Waals surface area (Å²) in [5, 5.41) is 15.4. The average molecular weight is 346 g/mol. The molecule has 0 aliphatic rings. The van der Waals surface area contributed by atoms with Crippen molar-refractivity contribution in [3.05, 3.63) is 64.3 Å². The summed E-state index contributed by atoms with van der Waals surface area (Å²) >= 11 is 12.1. The Morgan fingerprint density at radius 2 is 1.78 bits per heavy atom. The number of rotatable bonds is 4. The van der Waals surface area contributed by atoms with Crippen molar-refractivity contribution in [1.29, 1.82) is 0 Å². The van der Waals surface area contributed by atoms with Gasteiger partial charge in [-0.3, -0.25) is 0 Å². The Morgan fingerprint density at radius 1 is 0.957 bits per heavy atom. The van der Waals surface area contributed by atoms with Crippen LogP contribution >= 0.6 is 23.2 Å². The molecule has 5 nitrogen and oxygen atoms in total. The van der Waals surface area contributed by atoms with Gasteiger partial charge in [0.1, 0.15) is 0 Å². The van der Waals surface area contributed by atoms with Gasteiger partial charge in [0.15, 0.2) is 5.82 Å². The number of nitrogens with one attached hydrogen (secondary N) is 2. The van der Waals surface area contributed by atoms with Gasteiger partial charge in [-0.2, -0.15) is 10.1 Å². The molecule has 1 aromatic heterocycles. The van der Waals surface area contributed by atoms with Crippen LogP contribution in [-0.4, -0.2) is 15.2 Å². The second kappa shape index (κ2) is 6.81. The summed E-state index contributed by atoms with van der Waals surface area (Å²) in [4.78, 5) is 4.38. The second-order valence-corrected chi connectivity index (χ2v) is 5.70. The summed E-state index contributed by atoms with van der Waals surface area (Å²) in [6, 6.07) is 13.0. The molecule has 3 rings (SSSR count). The third kappa shape index (κ3) is 3.88. The molecule has 0 atom stereocenters. The highest BCUT2D eigenvalue weighted by Gasteiger charge is 2.06. The minimum atomic E-state index is 0.350. The average Bonchev–Trinajstić information content (AvgIpc) is 2.54. The number of benzene rings is 2. The molecule has 0 saturated heterocycles. The molecule has 2 N–H and O–H groups in total. The Bertz CT molecular complexity index is 838. The van der Waals surface area contributed by atoms with E-state index in [2.05, 4.69) is 25.8 Å². The quantitative estimate of drug-likeness (QED) is 0.698. The van der Waals surface area contributed by atoms with Crippen molar-refractivity contribution < 1.29 is 0 Å². The van der Waals surface area contributed by atoms with Gasteiger partial charge in [0.25, 0.3) is 0 Å². The van der Waals surface area contributed by atoms with Crippen LogP contribution in [0.1, 0.15) is 5.56 Å². The Morgan fingerprint density at radius 3 is 2.61 bits per heavy atom. The first-order valence-corrected chi connectivity index (χ1v) is 7.62. The van der Waals surface area contributed by atoms with Gasteiger partial charge < -0.3 is 10.6 Å². The maximum Gasteiger partial charge on any atom is 0.249 e. The number of aryl methyl sites for hydroxylation is 1.